The summed E-state index contributed by atoms with van der Waals surface area (Å²) in [5, 5.41) is 3.31. The molecule has 2 aliphatic heterocycles. The molecule has 0 aliphatic carbocycles. The SMILES string of the molecule is CN1CC[C@@H](N(C)C(=O)c2cnc(-c3ccc4c(c3)OCO4)nc2Nc2ccccc2)C1. The fourth-order valence-corrected chi connectivity index (χ4v) is 4.05. The molecular weight excluding hydrogens is 406 g/mol. The molecule has 32 heavy (non-hydrogen) atoms. The Balaban J connectivity index is 1.50. The number of amides is 1. The zero-order valence-corrected chi connectivity index (χ0v) is 18.1. The number of hydrogen-bond donors (Lipinski definition) is 1. The van der Waals surface area contributed by atoms with Crippen LogP contribution < -0.4 is 14.8 Å². The second-order valence-corrected chi connectivity index (χ2v) is 8.14. The molecule has 0 saturated carbocycles. The largest absolute Gasteiger partial charge is 0.454 e. The number of carbonyl (C=O) groups excluding carboxylic acids is 1. The number of aromatic nitrogens is 2. The third kappa shape index (κ3) is 3.97. The summed E-state index contributed by atoms with van der Waals surface area (Å²) in [5.41, 5.74) is 2.07. The molecule has 8 nitrogen and oxygen atoms in total. The van der Waals surface area contributed by atoms with Gasteiger partial charge in [0.2, 0.25) is 6.79 Å². The van der Waals surface area contributed by atoms with Gasteiger partial charge < -0.3 is 24.6 Å². The van der Waals surface area contributed by atoms with Crippen molar-refractivity contribution in [1.29, 1.82) is 0 Å². The highest BCUT2D eigenvalue weighted by atomic mass is 16.7. The average Bonchev–Trinajstić information content (AvgIpc) is 3.47. The Bertz CT molecular complexity index is 1140. The van der Waals surface area contributed by atoms with E-state index in [9.17, 15) is 4.79 Å². The summed E-state index contributed by atoms with van der Waals surface area (Å²) < 4.78 is 10.9. The molecule has 1 N–H and O–H groups in total. The number of ether oxygens (including phenoxy) is 2. The molecule has 1 atom stereocenters. The molecule has 2 aromatic carbocycles. The zero-order chi connectivity index (χ0) is 22.1. The molecule has 1 saturated heterocycles. The van der Waals surface area contributed by atoms with Crippen molar-refractivity contribution in [3.8, 4) is 22.9 Å². The van der Waals surface area contributed by atoms with E-state index in [2.05, 4.69) is 22.2 Å². The van der Waals surface area contributed by atoms with Crippen LogP contribution in [0.15, 0.2) is 54.7 Å². The number of likely N-dealkylation sites (tertiary alicyclic amines) is 1. The first-order valence-corrected chi connectivity index (χ1v) is 10.6. The smallest absolute Gasteiger partial charge is 0.259 e. The minimum absolute atomic E-state index is 0.0963. The second kappa shape index (κ2) is 8.47. The van der Waals surface area contributed by atoms with Crippen LogP contribution in [-0.2, 0) is 0 Å². The fraction of sp³-hybridized carbons (Fsp3) is 0.292. The van der Waals surface area contributed by atoms with E-state index >= 15 is 0 Å². The molecule has 0 radical (unpaired) electrons. The molecule has 0 unspecified atom stereocenters. The van der Waals surface area contributed by atoms with E-state index < -0.39 is 0 Å². The first-order valence-electron chi connectivity index (χ1n) is 10.6. The van der Waals surface area contributed by atoms with Gasteiger partial charge in [0.1, 0.15) is 11.4 Å². The lowest BCUT2D eigenvalue weighted by molar-refractivity contribution is 0.0738. The topological polar surface area (TPSA) is 79.8 Å². The minimum atomic E-state index is -0.0963. The number of nitrogens with one attached hydrogen (secondary N) is 1. The van der Waals surface area contributed by atoms with Gasteiger partial charge in [0.25, 0.3) is 5.91 Å². The van der Waals surface area contributed by atoms with Gasteiger partial charge in [-0.25, -0.2) is 9.97 Å². The maximum atomic E-state index is 13.4. The molecule has 0 spiro atoms. The number of rotatable bonds is 5. The Morgan fingerprint density at radius 2 is 1.97 bits per heavy atom. The van der Waals surface area contributed by atoms with Gasteiger partial charge in [0.15, 0.2) is 17.3 Å². The van der Waals surface area contributed by atoms with Crippen LogP contribution in [0.1, 0.15) is 16.8 Å². The highest BCUT2D eigenvalue weighted by Gasteiger charge is 2.29. The van der Waals surface area contributed by atoms with Crippen LogP contribution in [0, 0.1) is 0 Å². The van der Waals surface area contributed by atoms with Crippen LogP contribution in [0.25, 0.3) is 11.4 Å². The molecule has 0 bridgehead atoms. The summed E-state index contributed by atoms with van der Waals surface area (Å²) in [6.45, 7) is 2.05. The molecule has 2 aliphatic rings. The van der Waals surface area contributed by atoms with Crippen LogP contribution in [0.3, 0.4) is 0 Å². The van der Waals surface area contributed by atoms with Crippen LogP contribution in [0.5, 0.6) is 11.5 Å². The third-order valence-electron chi connectivity index (χ3n) is 5.92. The van der Waals surface area contributed by atoms with Crippen molar-refractivity contribution < 1.29 is 14.3 Å². The predicted octanol–water partition coefficient (Wildman–Crippen LogP) is 3.39. The Labute approximate surface area is 186 Å². The van der Waals surface area contributed by atoms with Gasteiger partial charge in [0, 0.05) is 37.1 Å². The van der Waals surface area contributed by atoms with Crippen molar-refractivity contribution in [2.24, 2.45) is 0 Å². The lowest BCUT2D eigenvalue weighted by atomic mass is 10.1. The molecule has 1 fully saturated rings. The number of para-hydroxylation sites is 1. The maximum absolute atomic E-state index is 13.4. The number of benzene rings is 2. The van der Waals surface area contributed by atoms with Gasteiger partial charge in [-0.05, 0) is 50.3 Å². The van der Waals surface area contributed by atoms with Crippen LogP contribution >= 0.6 is 0 Å². The standard InChI is InChI=1S/C24H25N5O3/c1-28-11-10-18(14-28)29(2)24(30)19-13-25-22(16-8-9-20-21(12-16)32-15-31-20)27-23(19)26-17-6-4-3-5-7-17/h3-9,12-13,18H,10-11,14-15H2,1-2H3,(H,25,26,27)/t18-/m1/s1. The van der Waals surface area contributed by atoms with Crippen molar-refractivity contribution >= 4 is 17.4 Å². The van der Waals surface area contributed by atoms with E-state index in [0.29, 0.717) is 28.7 Å². The number of likely N-dealkylation sites (N-methyl/N-ethyl adjacent to an activating group) is 2. The quantitative estimate of drug-likeness (QED) is 0.663. The van der Waals surface area contributed by atoms with Crippen molar-refractivity contribution in [1.82, 2.24) is 19.8 Å². The van der Waals surface area contributed by atoms with Crippen LogP contribution in [-0.4, -0.2) is 65.7 Å². The van der Waals surface area contributed by atoms with Crippen molar-refractivity contribution in [2.75, 3.05) is 39.3 Å². The monoisotopic (exact) mass is 431 g/mol. The van der Waals surface area contributed by atoms with E-state index in [0.717, 1.165) is 30.8 Å². The lowest BCUT2D eigenvalue weighted by Gasteiger charge is -2.25. The fourth-order valence-electron chi connectivity index (χ4n) is 4.05. The van der Waals surface area contributed by atoms with Crippen LogP contribution in [0.2, 0.25) is 0 Å². The van der Waals surface area contributed by atoms with E-state index in [1.54, 1.807) is 11.1 Å². The molecule has 1 aromatic heterocycles. The highest BCUT2D eigenvalue weighted by Crippen LogP contribution is 2.35. The van der Waals surface area contributed by atoms with Gasteiger partial charge in [-0.2, -0.15) is 0 Å². The maximum Gasteiger partial charge on any atom is 0.259 e. The first-order chi connectivity index (χ1) is 15.6. The van der Waals surface area contributed by atoms with Crippen LogP contribution in [0.4, 0.5) is 11.5 Å². The van der Waals surface area contributed by atoms with E-state index in [1.807, 2.05) is 55.6 Å². The van der Waals surface area contributed by atoms with Crippen molar-refractivity contribution in [3.63, 3.8) is 0 Å². The van der Waals surface area contributed by atoms with Gasteiger partial charge in [-0.1, -0.05) is 18.2 Å². The Morgan fingerprint density at radius 3 is 2.75 bits per heavy atom. The lowest BCUT2D eigenvalue weighted by Crippen LogP contribution is -2.39. The van der Waals surface area contributed by atoms with Gasteiger partial charge in [-0.3, -0.25) is 4.79 Å². The Hall–Kier alpha value is -3.65. The zero-order valence-electron chi connectivity index (χ0n) is 18.1. The number of hydrogen-bond acceptors (Lipinski definition) is 7. The summed E-state index contributed by atoms with van der Waals surface area (Å²) in [6, 6.07) is 15.4. The Morgan fingerprint density at radius 1 is 1.16 bits per heavy atom. The summed E-state index contributed by atoms with van der Waals surface area (Å²) in [5.74, 6) is 2.24. The molecule has 164 valence electrons. The molecule has 3 heterocycles. The van der Waals surface area contributed by atoms with Gasteiger partial charge >= 0.3 is 0 Å². The van der Waals surface area contributed by atoms with E-state index in [4.69, 9.17) is 14.5 Å². The number of anilines is 2. The third-order valence-corrected chi connectivity index (χ3v) is 5.92. The van der Waals surface area contributed by atoms with Gasteiger partial charge in [0.05, 0.1) is 0 Å². The molecule has 5 rings (SSSR count). The summed E-state index contributed by atoms with van der Waals surface area (Å²) >= 11 is 0. The molecular formula is C24H25N5O3. The number of nitrogens with zero attached hydrogens (tertiary/aromatic N) is 4. The minimum Gasteiger partial charge on any atom is -0.454 e. The predicted molar refractivity (Wildman–Crippen MR) is 121 cm³/mol. The highest BCUT2D eigenvalue weighted by molar-refractivity contribution is 5.99. The summed E-state index contributed by atoms with van der Waals surface area (Å²) in [4.78, 5) is 26.7. The first kappa shape index (κ1) is 20.3. The molecule has 8 heteroatoms. The number of carbonyl (C=O) groups is 1. The number of fused-ring (bicyclic) bond motifs is 1. The average molecular weight is 431 g/mol. The molecule has 3 aromatic rings. The normalized spacial score (nSPS) is 17.4. The molecule has 1 amide bonds. The summed E-state index contributed by atoms with van der Waals surface area (Å²) in [6.07, 6.45) is 2.56. The van der Waals surface area contributed by atoms with E-state index in [1.165, 1.54) is 0 Å². The van der Waals surface area contributed by atoms with E-state index in [-0.39, 0.29) is 18.7 Å². The second-order valence-electron chi connectivity index (χ2n) is 8.14. The van der Waals surface area contributed by atoms with Crippen molar-refractivity contribution in [3.05, 3.63) is 60.3 Å². The summed E-state index contributed by atoms with van der Waals surface area (Å²) in [7, 11) is 3.92. The van der Waals surface area contributed by atoms with Gasteiger partial charge in [-0.15, -0.1) is 0 Å². The van der Waals surface area contributed by atoms with Crippen molar-refractivity contribution in [2.45, 2.75) is 12.5 Å². The Kier molecular flexibility index (Phi) is 5.36.